The Bertz CT molecular complexity index is 542. The maximum absolute atomic E-state index is 9.60. The first kappa shape index (κ1) is 11.3. The lowest BCUT2D eigenvalue weighted by Crippen LogP contribution is -1.82. The van der Waals surface area contributed by atoms with E-state index in [0.717, 1.165) is 11.1 Å². The minimum atomic E-state index is -0.0839. The van der Waals surface area contributed by atoms with Crippen molar-refractivity contribution in [2.24, 2.45) is 0 Å². The van der Waals surface area contributed by atoms with Gasteiger partial charge in [-0.1, -0.05) is 48.6 Å². The second kappa shape index (κ2) is 4.74. The number of hydrogen-bond acceptors (Lipinski definition) is 2. The third-order valence-electron chi connectivity index (χ3n) is 2.71. The molecular weight excluding hydrogens is 212 g/mol. The van der Waals surface area contributed by atoms with Crippen LogP contribution in [0.25, 0.3) is 12.2 Å². The summed E-state index contributed by atoms with van der Waals surface area (Å²) in [5, 5.41) is 18.9. The van der Waals surface area contributed by atoms with Crippen LogP contribution in [0.1, 0.15) is 16.7 Å². The van der Waals surface area contributed by atoms with Gasteiger partial charge in [-0.25, -0.2) is 0 Å². The molecule has 0 heterocycles. The molecule has 0 aliphatic rings. The largest absolute Gasteiger partial charge is 0.504 e. The van der Waals surface area contributed by atoms with Crippen LogP contribution in [0.4, 0.5) is 0 Å². The van der Waals surface area contributed by atoms with Crippen LogP contribution in [0.3, 0.4) is 0 Å². The van der Waals surface area contributed by atoms with Crippen molar-refractivity contribution in [3.05, 3.63) is 59.2 Å². The van der Waals surface area contributed by atoms with E-state index in [0.29, 0.717) is 5.56 Å². The first-order valence-electron chi connectivity index (χ1n) is 5.43. The smallest absolute Gasteiger partial charge is 0.160 e. The maximum Gasteiger partial charge on any atom is 0.160 e. The Morgan fingerprint density at radius 1 is 0.882 bits per heavy atom. The summed E-state index contributed by atoms with van der Waals surface area (Å²) in [5.41, 5.74) is 2.67. The van der Waals surface area contributed by atoms with E-state index in [1.54, 1.807) is 13.0 Å². The Morgan fingerprint density at radius 3 is 2.29 bits per heavy atom. The molecule has 2 aromatic carbocycles. The van der Waals surface area contributed by atoms with Gasteiger partial charge >= 0.3 is 0 Å². The van der Waals surface area contributed by atoms with Crippen molar-refractivity contribution in [2.45, 2.75) is 6.92 Å². The summed E-state index contributed by atoms with van der Waals surface area (Å²) in [7, 11) is 0. The molecule has 2 aromatic rings. The predicted molar refractivity (Wildman–Crippen MR) is 69.9 cm³/mol. The number of phenolic OH excluding ortho intramolecular Hbond substituents is 2. The fourth-order valence-corrected chi connectivity index (χ4v) is 1.63. The highest BCUT2D eigenvalue weighted by Crippen LogP contribution is 2.31. The Balaban J connectivity index is 2.31. The lowest BCUT2D eigenvalue weighted by atomic mass is 10.1. The molecule has 0 unspecified atom stereocenters. The molecule has 2 heteroatoms. The number of hydrogen-bond donors (Lipinski definition) is 2. The molecule has 0 saturated carbocycles. The summed E-state index contributed by atoms with van der Waals surface area (Å²) in [4.78, 5) is 0. The van der Waals surface area contributed by atoms with Crippen molar-refractivity contribution in [2.75, 3.05) is 0 Å². The Kier molecular flexibility index (Phi) is 3.15. The van der Waals surface area contributed by atoms with Gasteiger partial charge in [0.25, 0.3) is 0 Å². The third kappa shape index (κ3) is 2.48. The number of rotatable bonds is 2. The zero-order valence-corrected chi connectivity index (χ0v) is 9.59. The van der Waals surface area contributed by atoms with Gasteiger partial charge in [-0.2, -0.15) is 0 Å². The van der Waals surface area contributed by atoms with Crippen LogP contribution >= 0.6 is 0 Å². The normalized spacial score (nSPS) is 10.9. The van der Waals surface area contributed by atoms with Gasteiger partial charge in [-0.3, -0.25) is 0 Å². The van der Waals surface area contributed by atoms with Gasteiger partial charge in [0.2, 0.25) is 0 Å². The molecule has 2 N–H and O–H groups in total. The molecule has 0 atom stereocenters. The zero-order chi connectivity index (χ0) is 12.3. The van der Waals surface area contributed by atoms with Crippen molar-refractivity contribution in [1.82, 2.24) is 0 Å². The van der Waals surface area contributed by atoms with E-state index in [1.165, 1.54) is 6.07 Å². The quantitative estimate of drug-likeness (QED) is 0.607. The van der Waals surface area contributed by atoms with Crippen molar-refractivity contribution in [1.29, 1.82) is 0 Å². The zero-order valence-electron chi connectivity index (χ0n) is 9.59. The summed E-state index contributed by atoms with van der Waals surface area (Å²) in [6.07, 6.45) is 3.89. The number of phenols is 2. The molecular formula is C15H14O2. The fourth-order valence-electron chi connectivity index (χ4n) is 1.63. The molecule has 86 valence electrons. The summed E-state index contributed by atoms with van der Waals surface area (Å²) in [5.74, 6) is -0.139. The Hall–Kier alpha value is -2.22. The summed E-state index contributed by atoms with van der Waals surface area (Å²) in [6.45, 7) is 1.78. The van der Waals surface area contributed by atoms with E-state index >= 15 is 0 Å². The van der Waals surface area contributed by atoms with E-state index in [2.05, 4.69) is 0 Å². The standard InChI is InChI=1S/C15H14O2/c1-11-13(9-10-14(16)15(11)17)8-7-12-5-3-2-4-6-12/h2-10,16-17H,1H3/b8-7+. The molecule has 0 radical (unpaired) electrons. The molecule has 0 saturated heterocycles. The van der Waals surface area contributed by atoms with Crippen LogP contribution in [0.2, 0.25) is 0 Å². The Labute approximate surface area is 100 Å². The first-order valence-corrected chi connectivity index (χ1v) is 5.43. The van der Waals surface area contributed by atoms with Gasteiger partial charge in [0.15, 0.2) is 11.5 Å². The lowest BCUT2D eigenvalue weighted by Gasteiger charge is -2.05. The van der Waals surface area contributed by atoms with Gasteiger partial charge in [0, 0.05) is 5.56 Å². The van der Waals surface area contributed by atoms with Gasteiger partial charge in [-0.15, -0.1) is 0 Å². The number of benzene rings is 2. The van der Waals surface area contributed by atoms with Crippen molar-refractivity contribution in [3.63, 3.8) is 0 Å². The lowest BCUT2D eigenvalue weighted by molar-refractivity contribution is 0.401. The molecule has 0 aliphatic carbocycles. The molecule has 0 spiro atoms. The van der Waals surface area contributed by atoms with E-state index in [9.17, 15) is 10.2 Å². The molecule has 0 fully saturated rings. The van der Waals surface area contributed by atoms with Crippen LogP contribution < -0.4 is 0 Å². The second-order valence-electron chi connectivity index (χ2n) is 3.89. The highest BCUT2D eigenvalue weighted by molar-refractivity contribution is 5.73. The van der Waals surface area contributed by atoms with E-state index in [4.69, 9.17) is 0 Å². The molecule has 2 nitrogen and oxygen atoms in total. The van der Waals surface area contributed by atoms with Crippen LogP contribution in [0.15, 0.2) is 42.5 Å². The summed E-state index contributed by atoms with van der Waals surface area (Å²) < 4.78 is 0. The van der Waals surface area contributed by atoms with Crippen molar-refractivity contribution < 1.29 is 10.2 Å². The average molecular weight is 226 g/mol. The first-order chi connectivity index (χ1) is 8.18. The molecule has 0 aromatic heterocycles. The monoisotopic (exact) mass is 226 g/mol. The minimum Gasteiger partial charge on any atom is -0.504 e. The second-order valence-corrected chi connectivity index (χ2v) is 3.89. The predicted octanol–water partition coefficient (Wildman–Crippen LogP) is 3.58. The Morgan fingerprint density at radius 2 is 1.59 bits per heavy atom. The van der Waals surface area contributed by atoms with Crippen LogP contribution in [0, 0.1) is 6.92 Å². The summed E-state index contributed by atoms with van der Waals surface area (Å²) in [6, 6.07) is 13.2. The van der Waals surface area contributed by atoms with E-state index in [-0.39, 0.29) is 11.5 Å². The van der Waals surface area contributed by atoms with Gasteiger partial charge in [-0.05, 0) is 24.1 Å². The van der Waals surface area contributed by atoms with Crippen LogP contribution in [-0.4, -0.2) is 10.2 Å². The molecule has 2 rings (SSSR count). The highest BCUT2D eigenvalue weighted by Gasteiger charge is 2.05. The highest BCUT2D eigenvalue weighted by atomic mass is 16.3. The number of aromatic hydroxyl groups is 2. The minimum absolute atomic E-state index is 0.0554. The fraction of sp³-hybridized carbons (Fsp3) is 0.0667. The van der Waals surface area contributed by atoms with E-state index in [1.807, 2.05) is 42.5 Å². The van der Waals surface area contributed by atoms with Gasteiger partial charge in [0.05, 0.1) is 0 Å². The summed E-state index contributed by atoms with van der Waals surface area (Å²) >= 11 is 0. The molecule has 0 amide bonds. The topological polar surface area (TPSA) is 40.5 Å². The average Bonchev–Trinajstić information content (AvgIpc) is 2.36. The maximum atomic E-state index is 9.60. The van der Waals surface area contributed by atoms with Crippen LogP contribution in [-0.2, 0) is 0 Å². The molecule has 17 heavy (non-hydrogen) atoms. The van der Waals surface area contributed by atoms with Gasteiger partial charge < -0.3 is 10.2 Å². The third-order valence-corrected chi connectivity index (χ3v) is 2.71. The molecule has 0 bridgehead atoms. The SMILES string of the molecule is Cc1c(/C=C/c2ccccc2)ccc(O)c1O. The van der Waals surface area contributed by atoms with E-state index < -0.39 is 0 Å². The van der Waals surface area contributed by atoms with Gasteiger partial charge in [0.1, 0.15) is 0 Å². The van der Waals surface area contributed by atoms with Crippen molar-refractivity contribution >= 4 is 12.2 Å². The van der Waals surface area contributed by atoms with Crippen LogP contribution in [0.5, 0.6) is 11.5 Å². The molecule has 0 aliphatic heterocycles. The van der Waals surface area contributed by atoms with Crippen molar-refractivity contribution in [3.8, 4) is 11.5 Å².